The van der Waals surface area contributed by atoms with Crippen molar-refractivity contribution < 1.29 is 5.11 Å². The maximum absolute atomic E-state index is 8.97. The Morgan fingerprint density at radius 2 is 1.93 bits per heavy atom. The van der Waals surface area contributed by atoms with Gasteiger partial charge in [0.2, 0.25) is 0 Å². The van der Waals surface area contributed by atoms with Crippen LogP contribution in [0.2, 0.25) is 5.02 Å². The number of aliphatic hydroxyl groups is 1. The molecule has 0 fully saturated rings. The van der Waals surface area contributed by atoms with E-state index in [1.165, 1.54) is 0 Å². The molecule has 0 saturated carbocycles. The lowest BCUT2D eigenvalue weighted by Gasteiger charge is -2.02. The summed E-state index contributed by atoms with van der Waals surface area (Å²) in [6.45, 7) is -0.0472. The van der Waals surface area contributed by atoms with Crippen molar-refractivity contribution in [2.45, 2.75) is 6.61 Å². The van der Waals surface area contributed by atoms with Gasteiger partial charge in [-0.05, 0) is 24.3 Å². The molecule has 0 unspecified atom stereocenters. The van der Waals surface area contributed by atoms with Crippen molar-refractivity contribution in [3.05, 3.63) is 53.2 Å². The highest BCUT2D eigenvalue weighted by molar-refractivity contribution is 6.30. The number of hydrogen-bond acceptors (Lipinski definition) is 2. The number of benzene rings is 1. The SMILES string of the molecule is OCc1cccc(-c2cccc(Cl)c2)n1. The zero-order chi connectivity index (χ0) is 10.7. The normalized spacial score (nSPS) is 10.3. The third-order valence-electron chi connectivity index (χ3n) is 2.09. The fourth-order valence-corrected chi connectivity index (χ4v) is 1.57. The Kier molecular flexibility index (Phi) is 2.99. The molecule has 2 aromatic rings. The first-order chi connectivity index (χ1) is 7.29. The molecule has 1 aromatic carbocycles. The molecule has 15 heavy (non-hydrogen) atoms. The van der Waals surface area contributed by atoms with E-state index in [0.717, 1.165) is 11.3 Å². The molecule has 0 amide bonds. The lowest BCUT2D eigenvalue weighted by Crippen LogP contribution is -1.90. The lowest BCUT2D eigenvalue weighted by molar-refractivity contribution is 0.277. The fraction of sp³-hybridized carbons (Fsp3) is 0.0833. The summed E-state index contributed by atoms with van der Waals surface area (Å²) in [5.41, 5.74) is 2.44. The molecule has 1 aromatic heterocycles. The summed E-state index contributed by atoms with van der Waals surface area (Å²) >= 11 is 5.89. The first-order valence-corrected chi connectivity index (χ1v) is 5.00. The minimum absolute atomic E-state index is 0.0472. The van der Waals surface area contributed by atoms with Crippen LogP contribution in [-0.4, -0.2) is 10.1 Å². The first-order valence-electron chi connectivity index (χ1n) is 4.62. The second-order valence-corrected chi connectivity index (χ2v) is 3.62. The molecular formula is C12H10ClNO. The Hall–Kier alpha value is -1.38. The van der Waals surface area contributed by atoms with Crippen LogP contribution in [0.5, 0.6) is 0 Å². The van der Waals surface area contributed by atoms with Crippen LogP contribution < -0.4 is 0 Å². The molecule has 0 radical (unpaired) electrons. The molecule has 0 saturated heterocycles. The predicted molar refractivity (Wildman–Crippen MR) is 60.6 cm³/mol. The summed E-state index contributed by atoms with van der Waals surface area (Å²) in [6, 6.07) is 13.0. The second-order valence-electron chi connectivity index (χ2n) is 3.18. The van der Waals surface area contributed by atoms with Gasteiger partial charge in [0.1, 0.15) is 0 Å². The highest BCUT2D eigenvalue weighted by atomic mass is 35.5. The maximum atomic E-state index is 8.97. The van der Waals surface area contributed by atoms with Crippen molar-refractivity contribution in [3.63, 3.8) is 0 Å². The van der Waals surface area contributed by atoms with E-state index in [2.05, 4.69) is 4.98 Å². The van der Waals surface area contributed by atoms with Gasteiger partial charge in [-0.1, -0.05) is 29.8 Å². The topological polar surface area (TPSA) is 33.1 Å². The van der Waals surface area contributed by atoms with E-state index in [1.807, 2.05) is 36.4 Å². The molecule has 0 aliphatic rings. The maximum Gasteiger partial charge on any atom is 0.0853 e. The van der Waals surface area contributed by atoms with E-state index in [-0.39, 0.29) is 6.61 Å². The quantitative estimate of drug-likeness (QED) is 0.843. The average molecular weight is 220 g/mol. The molecule has 0 aliphatic heterocycles. The summed E-state index contributed by atoms with van der Waals surface area (Å²) in [5, 5.41) is 9.66. The van der Waals surface area contributed by atoms with Crippen LogP contribution in [0.4, 0.5) is 0 Å². The molecule has 0 aliphatic carbocycles. The van der Waals surface area contributed by atoms with Gasteiger partial charge in [-0.2, -0.15) is 0 Å². The smallest absolute Gasteiger partial charge is 0.0853 e. The molecule has 2 nitrogen and oxygen atoms in total. The van der Waals surface area contributed by atoms with Gasteiger partial charge in [0.25, 0.3) is 0 Å². The Morgan fingerprint density at radius 1 is 1.13 bits per heavy atom. The van der Waals surface area contributed by atoms with Crippen LogP contribution in [0, 0.1) is 0 Å². The van der Waals surface area contributed by atoms with Crippen molar-refractivity contribution in [3.8, 4) is 11.3 Å². The van der Waals surface area contributed by atoms with Crippen LogP contribution in [0.3, 0.4) is 0 Å². The Morgan fingerprint density at radius 3 is 2.67 bits per heavy atom. The first kappa shape index (κ1) is 10.1. The van der Waals surface area contributed by atoms with Crippen LogP contribution in [0.1, 0.15) is 5.69 Å². The molecule has 1 N–H and O–H groups in total. The Balaban J connectivity index is 2.44. The molecule has 0 bridgehead atoms. The summed E-state index contributed by atoms with van der Waals surface area (Å²) in [6.07, 6.45) is 0. The number of nitrogens with zero attached hydrogens (tertiary/aromatic N) is 1. The number of hydrogen-bond donors (Lipinski definition) is 1. The zero-order valence-corrected chi connectivity index (χ0v) is 8.78. The van der Waals surface area contributed by atoms with Gasteiger partial charge in [0, 0.05) is 10.6 Å². The van der Waals surface area contributed by atoms with E-state index in [1.54, 1.807) is 6.07 Å². The van der Waals surface area contributed by atoms with E-state index in [4.69, 9.17) is 16.7 Å². The predicted octanol–water partition coefficient (Wildman–Crippen LogP) is 2.89. The number of pyridine rings is 1. The van der Waals surface area contributed by atoms with Crippen molar-refractivity contribution in [1.29, 1.82) is 0 Å². The van der Waals surface area contributed by atoms with Crippen molar-refractivity contribution in [2.24, 2.45) is 0 Å². The van der Waals surface area contributed by atoms with E-state index >= 15 is 0 Å². The standard InChI is InChI=1S/C12H10ClNO/c13-10-4-1-3-9(7-10)12-6-2-5-11(8-15)14-12/h1-7,15H,8H2. The van der Waals surface area contributed by atoms with Gasteiger partial charge in [0.05, 0.1) is 18.0 Å². The molecule has 0 spiro atoms. The zero-order valence-electron chi connectivity index (χ0n) is 8.02. The summed E-state index contributed by atoms with van der Waals surface area (Å²) < 4.78 is 0. The van der Waals surface area contributed by atoms with Crippen LogP contribution in [0.25, 0.3) is 11.3 Å². The Bertz CT molecular complexity index is 471. The van der Waals surface area contributed by atoms with Gasteiger partial charge < -0.3 is 5.11 Å². The van der Waals surface area contributed by atoms with Crippen molar-refractivity contribution >= 4 is 11.6 Å². The highest BCUT2D eigenvalue weighted by Gasteiger charge is 2.00. The largest absolute Gasteiger partial charge is 0.390 e. The number of rotatable bonds is 2. The monoisotopic (exact) mass is 219 g/mol. The van der Waals surface area contributed by atoms with Gasteiger partial charge >= 0.3 is 0 Å². The summed E-state index contributed by atoms with van der Waals surface area (Å²) in [4.78, 5) is 4.29. The fourth-order valence-electron chi connectivity index (χ4n) is 1.38. The van der Waals surface area contributed by atoms with Crippen LogP contribution in [0.15, 0.2) is 42.5 Å². The van der Waals surface area contributed by atoms with Gasteiger partial charge in [-0.15, -0.1) is 0 Å². The van der Waals surface area contributed by atoms with E-state index in [9.17, 15) is 0 Å². The van der Waals surface area contributed by atoms with E-state index in [0.29, 0.717) is 10.7 Å². The van der Waals surface area contributed by atoms with E-state index < -0.39 is 0 Å². The highest BCUT2D eigenvalue weighted by Crippen LogP contribution is 2.20. The lowest BCUT2D eigenvalue weighted by atomic mass is 10.1. The summed E-state index contributed by atoms with van der Waals surface area (Å²) in [7, 11) is 0. The minimum Gasteiger partial charge on any atom is -0.390 e. The number of aliphatic hydroxyl groups excluding tert-OH is 1. The molecule has 1 heterocycles. The summed E-state index contributed by atoms with van der Waals surface area (Å²) in [5.74, 6) is 0. The number of halogens is 1. The minimum atomic E-state index is -0.0472. The Labute approximate surface area is 93.2 Å². The van der Waals surface area contributed by atoms with Crippen molar-refractivity contribution in [1.82, 2.24) is 4.98 Å². The van der Waals surface area contributed by atoms with Crippen LogP contribution in [-0.2, 0) is 6.61 Å². The second kappa shape index (κ2) is 4.43. The molecular weight excluding hydrogens is 210 g/mol. The van der Waals surface area contributed by atoms with Gasteiger partial charge in [0.15, 0.2) is 0 Å². The third-order valence-corrected chi connectivity index (χ3v) is 2.32. The number of aromatic nitrogens is 1. The van der Waals surface area contributed by atoms with Gasteiger partial charge in [-0.25, -0.2) is 0 Å². The third kappa shape index (κ3) is 2.35. The molecule has 76 valence electrons. The molecule has 0 atom stereocenters. The average Bonchev–Trinajstić information content (AvgIpc) is 2.29. The van der Waals surface area contributed by atoms with Crippen molar-refractivity contribution in [2.75, 3.05) is 0 Å². The molecule has 2 rings (SSSR count). The van der Waals surface area contributed by atoms with Gasteiger partial charge in [-0.3, -0.25) is 4.98 Å². The van der Waals surface area contributed by atoms with Crippen LogP contribution >= 0.6 is 11.6 Å². The molecule has 3 heteroatoms.